The lowest BCUT2D eigenvalue weighted by molar-refractivity contribution is 0.589. The van der Waals surface area contributed by atoms with Gasteiger partial charge in [-0.1, -0.05) is 157 Å². The number of pyridine rings is 1. The summed E-state index contributed by atoms with van der Waals surface area (Å²) in [5.41, 5.74) is 15.5. The van der Waals surface area contributed by atoms with Crippen molar-refractivity contribution >= 4 is 21.8 Å². The zero-order valence-corrected chi connectivity index (χ0v) is 30.9. The normalized spacial score (nSPS) is 13.7. The molecule has 0 amide bonds. The Labute approximate surface area is 307 Å². The average molecular weight is 673 g/mol. The Bertz CT molecular complexity index is 2570. The van der Waals surface area contributed by atoms with Crippen LogP contribution in [0.3, 0.4) is 0 Å². The fourth-order valence-electron chi connectivity index (χ4n) is 8.52. The van der Waals surface area contributed by atoms with Crippen molar-refractivity contribution in [3.8, 4) is 27.9 Å². The summed E-state index contributed by atoms with van der Waals surface area (Å²) in [4.78, 5) is 5.19. The second kappa shape index (κ2) is 11.6. The van der Waals surface area contributed by atoms with Gasteiger partial charge in [-0.3, -0.25) is 4.98 Å². The quantitative estimate of drug-likeness (QED) is 0.182. The minimum atomic E-state index is -0.611. The Morgan fingerprint density at radius 1 is 0.481 bits per heavy atom. The van der Waals surface area contributed by atoms with Crippen molar-refractivity contribution in [1.29, 1.82) is 0 Å². The third-order valence-corrected chi connectivity index (χ3v) is 11.2. The molecule has 2 heteroatoms. The molecule has 0 aliphatic heterocycles. The van der Waals surface area contributed by atoms with Gasteiger partial charge in [-0.15, -0.1) is 0 Å². The molecule has 0 fully saturated rings. The summed E-state index contributed by atoms with van der Waals surface area (Å²) in [5.74, 6) is 0. The zero-order chi connectivity index (χ0) is 35.8. The first kappa shape index (κ1) is 32.2. The van der Waals surface area contributed by atoms with Gasteiger partial charge in [-0.05, 0) is 97.3 Å². The maximum atomic E-state index is 5.19. The summed E-state index contributed by atoms with van der Waals surface area (Å²) in [6.07, 6.45) is 1.95. The fourth-order valence-corrected chi connectivity index (χ4v) is 8.52. The Morgan fingerprint density at radius 3 is 1.75 bits per heavy atom. The molecule has 0 saturated heterocycles. The molecule has 2 aromatic heterocycles. The van der Waals surface area contributed by atoms with E-state index in [-0.39, 0.29) is 10.8 Å². The monoisotopic (exact) mass is 672 g/mol. The lowest BCUT2D eigenvalue weighted by Crippen LogP contribution is -2.30. The number of rotatable bonds is 4. The fraction of sp³-hybridized carbons (Fsp3) is 0.180. The predicted molar refractivity (Wildman–Crippen MR) is 219 cm³/mol. The topological polar surface area (TPSA) is 17.8 Å². The highest BCUT2D eigenvalue weighted by Gasteiger charge is 2.48. The predicted octanol–water partition coefficient (Wildman–Crippen LogP) is 12.8. The summed E-state index contributed by atoms with van der Waals surface area (Å²) in [6, 6.07) is 56.4. The van der Waals surface area contributed by atoms with Gasteiger partial charge in [0, 0.05) is 22.7 Å². The van der Waals surface area contributed by atoms with E-state index in [4.69, 9.17) is 4.98 Å². The highest BCUT2D eigenvalue weighted by molar-refractivity contribution is 6.09. The molecular formula is C50H44N2. The van der Waals surface area contributed by atoms with Crippen LogP contribution in [0.4, 0.5) is 0 Å². The number of nitrogens with zero attached hydrogens (tertiary/aromatic N) is 2. The zero-order valence-electron chi connectivity index (χ0n) is 30.9. The van der Waals surface area contributed by atoms with Crippen LogP contribution in [0.5, 0.6) is 0 Å². The molecule has 2 nitrogen and oxygen atoms in total. The minimum absolute atomic E-state index is 0.0151. The summed E-state index contributed by atoms with van der Waals surface area (Å²) >= 11 is 0. The Kier molecular flexibility index (Phi) is 7.21. The first-order valence-corrected chi connectivity index (χ1v) is 18.5. The highest BCUT2D eigenvalue weighted by atomic mass is 15.0. The van der Waals surface area contributed by atoms with Crippen molar-refractivity contribution in [2.75, 3.05) is 0 Å². The number of hydrogen-bond acceptors (Lipinski definition) is 1. The van der Waals surface area contributed by atoms with E-state index in [9.17, 15) is 0 Å². The summed E-state index contributed by atoms with van der Waals surface area (Å²) in [5, 5.41) is 2.49. The van der Waals surface area contributed by atoms with E-state index < -0.39 is 5.41 Å². The van der Waals surface area contributed by atoms with Gasteiger partial charge < -0.3 is 4.57 Å². The van der Waals surface area contributed by atoms with Crippen LogP contribution in [0.1, 0.15) is 75.1 Å². The van der Waals surface area contributed by atoms with Crippen LogP contribution in [-0.2, 0) is 16.2 Å². The van der Waals surface area contributed by atoms with Crippen LogP contribution in [0, 0.1) is 0 Å². The van der Waals surface area contributed by atoms with Crippen LogP contribution < -0.4 is 0 Å². The van der Waals surface area contributed by atoms with Gasteiger partial charge in [-0.25, -0.2) is 0 Å². The first-order chi connectivity index (χ1) is 25.0. The molecular weight excluding hydrogens is 629 g/mol. The molecule has 8 aromatic rings. The Balaban J connectivity index is 1.38. The van der Waals surface area contributed by atoms with Crippen LogP contribution in [-0.4, -0.2) is 9.55 Å². The average Bonchev–Trinajstić information content (AvgIpc) is 3.65. The molecule has 9 rings (SSSR count). The molecule has 6 aromatic carbocycles. The number of para-hydroxylation sites is 1. The molecule has 1 aliphatic carbocycles. The third-order valence-electron chi connectivity index (χ3n) is 11.2. The van der Waals surface area contributed by atoms with Crippen LogP contribution in [0.25, 0.3) is 49.7 Å². The molecule has 2 heterocycles. The van der Waals surface area contributed by atoms with Gasteiger partial charge in [-0.2, -0.15) is 0 Å². The van der Waals surface area contributed by atoms with Gasteiger partial charge in [0.25, 0.3) is 0 Å². The Morgan fingerprint density at radius 2 is 1.10 bits per heavy atom. The van der Waals surface area contributed by atoms with Crippen molar-refractivity contribution in [3.63, 3.8) is 0 Å². The van der Waals surface area contributed by atoms with Crippen molar-refractivity contribution in [1.82, 2.24) is 9.55 Å². The van der Waals surface area contributed by atoms with E-state index in [1.165, 1.54) is 71.9 Å². The van der Waals surface area contributed by atoms with E-state index >= 15 is 0 Å². The lowest BCUT2D eigenvalue weighted by atomic mass is 9.69. The van der Waals surface area contributed by atoms with E-state index in [0.29, 0.717) is 0 Å². The van der Waals surface area contributed by atoms with Crippen molar-refractivity contribution in [2.45, 2.75) is 57.8 Å². The molecule has 0 saturated carbocycles. The lowest BCUT2D eigenvalue weighted by Gasteiger charge is -2.33. The molecule has 0 N–H and O–H groups in total. The number of fused-ring (bicyclic) bond motifs is 6. The van der Waals surface area contributed by atoms with Gasteiger partial charge in [0.1, 0.15) is 0 Å². The molecule has 0 bridgehead atoms. The number of benzene rings is 6. The highest BCUT2D eigenvalue weighted by Crippen LogP contribution is 2.57. The van der Waals surface area contributed by atoms with Crippen LogP contribution >= 0.6 is 0 Å². The second-order valence-corrected chi connectivity index (χ2v) is 16.5. The minimum Gasteiger partial charge on any atom is -0.309 e. The molecule has 254 valence electrons. The van der Waals surface area contributed by atoms with E-state index in [2.05, 4.69) is 192 Å². The SMILES string of the molecule is CC(C)(C)c1ccc2c(c1)-c1cc(C(C)(C)C)ccc1C2(c1ccc2c3ccccc3n(-c3cccc(-c4ccccc4)c3)c2c1)c1ccccn1. The van der Waals surface area contributed by atoms with Gasteiger partial charge in [0.2, 0.25) is 0 Å². The summed E-state index contributed by atoms with van der Waals surface area (Å²) < 4.78 is 2.45. The van der Waals surface area contributed by atoms with Crippen molar-refractivity contribution < 1.29 is 0 Å². The molecule has 0 spiro atoms. The van der Waals surface area contributed by atoms with Gasteiger partial charge in [0.05, 0.1) is 22.1 Å². The second-order valence-electron chi connectivity index (χ2n) is 16.5. The van der Waals surface area contributed by atoms with E-state index in [0.717, 1.165) is 11.4 Å². The third kappa shape index (κ3) is 4.88. The largest absolute Gasteiger partial charge is 0.309 e. The summed E-state index contributed by atoms with van der Waals surface area (Å²) in [6.45, 7) is 13.8. The molecule has 0 unspecified atom stereocenters. The van der Waals surface area contributed by atoms with Gasteiger partial charge >= 0.3 is 0 Å². The van der Waals surface area contributed by atoms with Crippen molar-refractivity contribution in [3.05, 3.63) is 191 Å². The van der Waals surface area contributed by atoms with Crippen LogP contribution in [0.15, 0.2) is 158 Å². The maximum absolute atomic E-state index is 5.19. The maximum Gasteiger partial charge on any atom is 0.0886 e. The van der Waals surface area contributed by atoms with Crippen molar-refractivity contribution in [2.24, 2.45) is 0 Å². The molecule has 1 aliphatic rings. The standard InChI is InChI=1S/C50H44N2/c1-48(2,3)35-23-26-43-41(30-35)42-31-36(49(4,5)6)24-27-44(42)50(43,47-21-12-13-28-51-47)37-22-25-40-39-19-10-11-20-45(39)52(46(40)32-37)38-18-14-17-34(29-38)33-15-8-7-9-16-33/h7-32H,1-6H3. The molecule has 52 heavy (non-hydrogen) atoms. The van der Waals surface area contributed by atoms with Gasteiger partial charge in [0.15, 0.2) is 0 Å². The molecule has 0 atom stereocenters. The van der Waals surface area contributed by atoms with Crippen LogP contribution in [0.2, 0.25) is 0 Å². The van der Waals surface area contributed by atoms with E-state index in [1.807, 2.05) is 12.3 Å². The smallest absolute Gasteiger partial charge is 0.0886 e. The number of aromatic nitrogens is 2. The first-order valence-electron chi connectivity index (χ1n) is 18.5. The Hall–Kier alpha value is -5.73. The number of hydrogen-bond donors (Lipinski definition) is 0. The summed E-state index contributed by atoms with van der Waals surface area (Å²) in [7, 11) is 0. The molecule has 0 radical (unpaired) electrons. The van der Waals surface area contributed by atoms with E-state index in [1.54, 1.807) is 0 Å².